The average molecular weight is 424 g/mol. The van der Waals surface area contributed by atoms with E-state index in [0.717, 1.165) is 18.9 Å². The first-order chi connectivity index (χ1) is 15.0. The summed E-state index contributed by atoms with van der Waals surface area (Å²) >= 11 is 0. The van der Waals surface area contributed by atoms with Gasteiger partial charge in [0.2, 0.25) is 5.91 Å². The van der Waals surface area contributed by atoms with Crippen molar-refractivity contribution >= 4 is 35.0 Å². The molecule has 9 nitrogen and oxygen atoms in total. The van der Waals surface area contributed by atoms with E-state index in [-0.39, 0.29) is 5.57 Å². The minimum absolute atomic E-state index is 0.229. The molecule has 1 aliphatic heterocycles. The van der Waals surface area contributed by atoms with E-state index in [9.17, 15) is 14.4 Å². The predicted octanol–water partition coefficient (Wildman–Crippen LogP) is 2.23. The first-order valence-corrected chi connectivity index (χ1v) is 9.74. The molecule has 1 aromatic heterocycles. The van der Waals surface area contributed by atoms with Crippen LogP contribution >= 0.6 is 0 Å². The van der Waals surface area contributed by atoms with Crippen LogP contribution in [0.5, 0.6) is 0 Å². The predicted molar refractivity (Wildman–Crippen MR) is 116 cm³/mol. The van der Waals surface area contributed by atoms with Crippen molar-refractivity contribution in [3.63, 3.8) is 0 Å². The molecule has 1 aromatic carbocycles. The van der Waals surface area contributed by atoms with Crippen LogP contribution in [0.25, 0.3) is 0 Å². The summed E-state index contributed by atoms with van der Waals surface area (Å²) in [5.74, 6) is -0.500. The fourth-order valence-corrected chi connectivity index (χ4v) is 2.92. The Morgan fingerprint density at radius 3 is 2.32 bits per heavy atom. The van der Waals surface area contributed by atoms with E-state index in [1.807, 2.05) is 6.07 Å². The molecule has 1 aliphatic rings. The SMILES string of the molecule is COC(=O)c1ccc(NC(=O)/C(C)=C/C(=O)Nc2ccc(N3CCOCC3)nc2)cc1. The van der Waals surface area contributed by atoms with Crippen LogP contribution in [-0.2, 0) is 19.1 Å². The fraction of sp³-hybridized carbons (Fsp3) is 0.273. The highest BCUT2D eigenvalue weighted by atomic mass is 16.5. The van der Waals surface area contributed by atoms with Gasteiger partial charge in [0.25, 0.3) is 5.91 Å². The summed E-state index contributed by atoms with van der Waals surface area (Å²) in [5.41, 5.74) is 1.63. The standard InChI is InChI=1S/C22H24N4O5/c1-15(21(28)25-17-5-3-16(4-6-17)22(29)30-2)13-20(27)24-18-7-8-19(23-14-18)26-9-11-31-12-10-26/h3-8,13-14H,9-12H2,1-2H3,(H,24,27)(H,25,28)/b15-13+. The molecule has 3 rings (SSSR count). The van der Waals surface area contributed by atoms with Crippen LogP contribution in [0.1, 0.15) is 17.3 Å². The number of ether oxygens (including phenoxy) is 2. The second-order valence-electron chi connectivity index (χ2n) is 6.84. The van der Waals surface area contributed by atoms with Gasteiger partial charge in [-0.3, -0.25) is 9.59 Å². The number of amides is 2. The number of nitrogens with one attached hydrogen (secondary N) is 2. The maximum atomic E-state index is 12.3. The molecule has 1 fully saturated rings. The Hall–Kier alpha value is -3.72. The van der Waals surface area contributed by atoms with Crippen molar-refractivity contribution in [1.29, 1.82) is 0 Å². The Labute approximate surface area is 180 Å². The Morgan fingerprint density at radius 1 is 1.03 bits per heavy atom. The fourth-order valence-electron chi connectivity index (χ4n) is 2.92. The number of hydrogen-bond donors (Lipinski definition) is 2. The van der Waals surface area contributed by atoms with Gasteiger partial charge in [0.05, 0.1) is 37.8 Å². The van der Waals surface area contributed by atoms with Crippen molar-refractivity contribution in [3.05, 3.63) is 59.8 Å². The van der Waals surface area contributed by atoms with Crippen LogP contribution in [0.2, 0.25) is 0 Å². The van der Waals surface area contributed by atoms with Gasteiger partial charge in [0.1, 0.15) is 5.82 Å². The highest BCUT2D eigenvalue weighted by molar-refractivity contribution is 6.10. The van der Waals surface area contributed by atoms with Crippen molar-refractivity contribution in [2.24, 2.45) is 0 Å². The molecule has 0 aliphatic carbocycles. The number of aromatic nitrogens is 1. The van der Waals surface area contributed by atoms with Crippen LogP contribution in [0.4, 0.5) is 17.2 Å². The van der Waals surface area contributed by atoms with Gasteiger partial charge in [-0.25, -0.2) is 9.78 Å². The summed E-state index contributed by atoms with van der Waals surface area (Å²) in [4.78, 5) is 42.5. The maximum absolute atomic E-state index is 12.3. The van der Waals surface area contributed by atoms with Crippen molar-refractivity contribution in [1.82, 2.24) is 4.98 Å². The molecule has 0 unspecified atom stereocenters. The Kier molecular flexibility index (Phi) is 7.34. The molecule has 0 saturated carbocycles. The van der Waals surface area contributed by atoms with E-state index in [2.05, 4.69) is 25.3 Å². The lowest BCUT2D eigenvalue weighted by molar-refractivity contribution is -0.114. The molecule has 1 saturated heterocycles. The van der Waals surface area contributed by atoms with Gasteiger partial charge >= 0.3 is 5.97 Å². The van der Waals surface area contributed by atoms with Crippen LogP contribution in [0, 0.1) is 0 Å². The quantitative estimate of drug-likeness (QED) is 0.540. The van der Waals surface area contributed by atoms with E-state index < -0.39 is 17.8 Å². The third-order valence-corrected chi connectivity index (χ3v) is 4.62. The number of carbonyl (C=O) groups excluding carboxylic acids is 3. The molecular weight excluding hydrogens is 400 g/mol. The van der Waals surface area contributed by atoms with Gasteiger partial charge in [-0.1, -0.05) is 0 Å². The van der Waals surface area contributed by atoms with Crippen molar-refractivity contribution in [2.45, 2.75) is 6.92 Å². The molecule has 0 spiro atoms. The molecule has 2 N–H and O–H groups in total. The summed E-state index contributed by atoms with van der Waals surface area (Å²) in [6.07, 6.45) is 2.79. The first kappa shape index (κ1) is 22.0. The molecule has 0 atom stereocenters. The number of hydrogen-bond acceptors (Lipinski definition) is 7. The lowest BCUT2D eigenvalue weighted by atomic mass is 10.2. The van der Waals surface area contributed by atoms with E-state index in [1.165, 1.54) is 20.1 Å². The van der Waals surface area contributed by atoms with Crippen molar-refractivity contribution in [2.75, 3.05) is 48.9 Å². The molecular formula is C22H24N4O5. The third kappa shape index (κ3) is 6.13. The number of carbonyl (C=O) groups is 3. The van der Waals surface area contributed by atoms with E-state index in [0.29, 0.717) is 30.2 Å². The minimum Gasteiger partial charge on any atom is -0.465 e. The number of methoxy groups -OCH3 is 1. The number of rotatable bonds is 6. The number of nitrogens with zero attached hydrogens (tertiary/aromatic N) is 2. The molecule has 9 heteroatoms. The molecule has 162 valence electrons. The lowest BCUT2D eigenvalue weighted by Gasteiger charge is -2.27. The van der Waals surface area contributed by atoms with Crippen LogP contribution in [0.15, 0.2) is 54.2 Å². The highest BCUT2D eigenvalue weighted by Gasteiger charge is 2.13. The topological polar surface area (TPSA) is 110 Å². The number of anilines is 3. The van der Waals surface area contributed by atoms with Crippen LogP contribution in [0.3, 0.4) is 0 Å². The first-order valence-electron chi connectivity index (χ1n) is 9.74. The minimum atomic E-state index is -0.460. The van der Waals surface area contributed by atoms with Crippen molar-refractivity contribution in [3.8, 4) is 0 Å². The number of esters is 1. The molecule has 2 heterocycles. The summed E-state index contributed by atoms with van der Waals surface area (Å²) < 4.78 is 9.96. The molecule has 31 heavy (non-hydrogen) atoms. The molecule has 2 aromatic rings. The van der Waals surface area contributed by atoms with Gasteiger partial charge in [0, 0.05) is 30.4 Å². The third-order valence-electron chi connectivity index (χ3n) is 4.62. The Morgan fingerprint density at radius 2 is 1.71 bits per heavy atom. The van der Waals surface area contributed by atoms with E-state index in [1.54, 1.807) is 36.5 Å². The number of morpholine rings is 1. The van der Waals surface area contributed by atoms with E-state index in [4.69, 9.17) is 4.74 Å². The zero-order valence-electron chi connectivity index (χ0n) is 17.4. The number of pyridine rings is 1. The second-order valence-corrected chi connectivity index (χ2v) is 6.84. The zero-order chi connectivity index (χ0) is 22.2. The molecule has 2 amide bonds. The highest BCUT2D eigenvalue weighted by Crippen LogP contribution is 2.16. The van der Waals surface area contributed by atoms with Crippen molar-refractivity contribution < 1.29 is 23.9 Å². The largest absolute Gasteiger partial charge is 0.465 e. The van der Waals surface area contributed by atoms with Gasteiger partial charge in [-0.15, -0.1) is 0 Å². The summed E-state index contributed by atoms with van der Waals surface area (Å²) in [6, 6.07) is 9.85. The summed E-state index contributed by atoms with van der Waals surface area (Å²) in [5, 5.41) is 5.37. The van der Waals surface area contributed by atoms with Gasteiger partial charge in [0.15, 0.2) is 0 Å². The van der Waals surface area contributed by atoms with Gasteiger partial charge in [-0.2, -0.15) is 0 Å². The normalized spacial score (nSPS) is 14.0. The summed E-state index contributed by atoms with van der Waals surface area (Å²) in [7, 11) is 1.30. The second kappa shape index (κ2) is 10.4. The summed E-state index contributed by atoms with van der Waals surface area (Å²) in [6.45, 7) is 4.43. The molecule has 0 bridgehead atoms. The smallest absolute Gasteiger partial charge is 0.337 e. The Balaban J connectivity index is 1.54. The maximum Gasteiger partial charge on any atom is 0.337 e. The average Bonchev–Trinajstić information content (AvgIpc) is 2.80. The zero-order valence-corrected chi connectivity index (χ0v) is 17.4. The monoisotopic (exact) mass is 424 g/mol. The van der Waals surface area contributed by atoms with Gasteiger partial charge in [-0.05, 0) is 43.3 Å². The Bertz CT molecular complexity index is 964. The lowest BCUT2D eigenvalue weighted by Crippen LogP contribution is -2.36. The number of benzene rings is 1. The van der Waals surface area contributed by atoms with Crippen LogP contribution < -0.4 is 15.5 Å². The van der Waals surface area contributed by atoms with Crippen LogP contribution in [-0.4, -0.2) is 56.2 Å². The van der Waals surface area contributed by atoms with E-state index >= 15 is 0 Å². The molecule has 0 radical (unpaired) electrons. The van der Waals surface area contributed by atoms with Gasteiger partial charge < -0.3 is 25.0 Å².